The van der Waals surface area contributed by atoms with Crippen molar-refractivity contribution >= 4 is 72.7 Å². The molecular weight excluding hydrogens is 591 g/mol. The second kappa shape index (κ2) is 12.4. The van der Waals surface area contributed by atoms with Gasteiger partial charge in [-0.05, 0) is 60.0 Å². The molecule has 0 fully saturated rings. The Balaban J connectivity index is 1.33. The van der Waals surface area contributed by atoms with Crippen LogP contribution in [0.4, 0.5) is 17.1 Å². The normalized spacial score (nSPS) is 11.3. The SMILES string of the molecule is c1ccc(B(c2ccccc2)c2ccc3c4cc(N(c5ccccc5)c5ccccc5)ccc4n(-c4cccc5ccccc45)c3c2)cc1. The minimum atomic E-state index is 0.105. The molecule has 0 spiro atoms. The molecule has 230 valence electrons. The molecule has 0 aliphatic heterocycles. The average Bonchev–Trinajstić information content (AvgIpc) is 3.49. The van der Waals surface area contributed by atoms with Crippen LogP contribution in [0.3, 0.4) is 0 Å². The van der Waals surface area contributed by atoms with Crippen molar-refractivity contribution in [3.8, 4) is 5.69 Å². The highest BCUT2D eigenvalue weighted by molar-refractivity contribution is 6.95. The summed E-state index contributed by atoms with van der Waals surface area (Å²) in [4.78, 5) is 2.34. The molecule has 49 heavy (non-hydrogen) atoms. The zero-order valence-corrected chi connectivity index (χ0v) is 27.0. The maximum atomic E-state index is 2.47. The van der Waals surface area contributed by atoms with Crippen LogP contribution in [0.15, 0.2) is 200 Å². The maximum Gasteiger partial charge on any atom is 0.241 e. The van der Waals surface area contributed by atoms with E-state index in [9.17, 15) is 0 Å². The monoisotopic (exact) mass is 624 g/mol. The van der Waals surface area contributed by atoms with E-state index in [2.05, 4.69) is 210 Å². The number of hydrogen-bond donors (Lipinski definition) is 0. The first kappa shape index (κ1) is 28.9. The van der Waals surface area contributed by atoms with Crippen LogP contribution in [0.1, 0.15) is 0 Å². The van der Waals surface area contributed by atoms with Crippen LogP contribution in [-0.4, -0.2) is 11.3 Å². The summed E-state index contributed by atoms with van der Waals surface area (Å²) in [5.74, 6) is 0. The topological polar surface area (TPSA) is 8.17 Å². The highest BCUT2D eigenvalue weighted by Gasteiger charge is 2.24. The Kier molecular flexibility index (Phi) is 7.29. The molecule has 0 amide bonds. The van der Waals surface area contributed by atoms with Crippen molar-refractivity contribution in [3.63, 3.8) is 0 Å². The fourth-order valence-electron chi connectivity index (χ4n) is 7.48. The molecule has 0 N–H and O–H groups in total. The summed E-state index contributed by atoms with van der Waals surface area (Å²) in [6, 6.07) is 72.4. The Morgan fingerprint density at radius 2 is 0.918 bits per heavy atom. The summed E-state index contributed by atoms with van der Waals surface area (Å²) in [7, 11) is 0. The molecule has 0 aliphatic rings. The number of para-hydroxylation sites is 2. The van der Waals surface area contributed by atoms with E-state index in [0.29, 0.717) is 0 Å². The summed E-state index contributed by atoms with van der Waals surface area (Å²) < 4.78 is 2.47. The quantitative estimate of drug-likeness (QED) is 0.160. The molecular formula is C46H33BN2. The fraction of sp³-hybridized carbons (Fsp3) is 0. The van der Waals surface area contributed by atoms with Gasteiger partial charge in [0.05, 0.1) is 16.7 Å². The molecule has 1 heterocycles. The van der Waals surface area contributed by atoms with Crippen molar-refractivity contribution in [2.75, 3.05) is 4.90 Å². The zero-order valence-electron chi connectivity index (χ0n) is 27.0. The van der Waals surface area contributed by atoms with Crippen molar-refractivity contribution in [2.24, 2.45) is 0 Å². The number of nitrogens with zero attached hydrogens (tertiary/aromatic N) is 2. The second-order valence-electron chi connectivity index (χ2n) is 12.6. The van der Waals surface area contributed by atoms with Gasteiger partial charge in [0, 0.05) is 33.2 Å². The van der Waals surface area contributed by atoms with Gasteiger partial charge in [0.2, 0.25) is 6.71 Å². The van der Waals surface area contributed by atoms with Crippen LogP contribution in [0, 0.1) is 0 Å². The van der Waals surface area contributed by atoms with Crippen molar-refractivity contribution in [3.05, 3.63) is 200 Å². The van der Waals surface area contributed by atoms with E-state index in [1.54, 1.807) is 0 Å². The predicted octanol–water partition coefficient (Wildman–Crippen LogP) is 9.92. The Morgan fingerprint density at radius 1 is 0.347 bits per heavy atom. The van der Waals surface area contributed by atoms with Crippen molar-refractivity contribution in [2.45, 2.75) is 0 Å². The second-order valence-corrected chi connectivity index (χ2v) is 12.6. The van der Waals surface area contributed by atoms with Gasteiger partial charge < -0.3 is 9.47 Å². The van der Waals surface area contributed by atoms with Crippen molar-refractivity contribution in [1.82, 2.24) is 4.57 Å². The first-order valence-corrected chi connectivity index (χ1v) is 16.9. The lowest BCUT2D eigenvalue weighted by Crippen LogP contribution is -2.51. The Labute approximate surface area is 287 Å². The lowest BCUT2D eigenvalue weighted by Gasteiger charge is -2.25. The molecule has 9 rings (SSSR count). The van der Waals surface area contributed by atoms with E-state index >= 15 is 0 Å². The number of benzene rings is 8. The highest BCUT2D eigenvalue weighted by Crippen LogP contribution is 2.40. The van der Waals surface area contributed by atoms with Crippen LogP contribution >= 0.6 is 0 Å². The van der Waals surface area contributed by atoms with Gasteiger partial charge in [-0.3, -0.25) is 0 Å². The zero-order chi connectivity index (χ0) is 32.6. The van der Waals surface area contributed by atoms with Gasteiger partial charge >= 0.3 is 0 Å². The molecule has 0 bridgehead atoms. The summed E-state index contributed by atoms with van der Waals surface area (Å²) in [6.07, 6.45) is 0. The first-order valence-electron chi connectivity index (χ1n) is 16.9. The smallest absolute Gasteiger partial charge is 0.241 e. The van der Waals surface area contributed by atoms with E-state index in [0.717, 1.165) is 17.1 Å². The largest absolute Gasteiger partial charge is 0.310 e. The minimum absolute atomic E-state index is 0.105. The van der Waals surface area contributed by atoms with Crippen LogP contribution < -0.4 is 21.3 Å². The third-order valence-corrected chi connectivity index (χ3v) is 9.67. The molecule has 3 heteroatoms. The molecule has 8 aromatic carbocycles. The van der Waals surface area contributed by atoms with Crippen LogP contribution in [0.2, 0.25) is 0 Å². The standard InChI is InChI=1S/C46H33BN2/c1-5-18-35(19-6-1)47(36-20-7-2-8-21-36)37-28-30-42-43-33-40(48(38-22-9-3-10-23-38)39-24-11-4-12-25-39)29-31-45(43)49(46(42)32-37)44-27-15-17-34-16-13-14-26-41(34)44/h1-33H. The first-order chi connectivity index (χ1) is 24.3. The molecule has 0 radical (unpaired) electrons. The Bertz CT molecular complexity index is 2460. The van der Waals surface area contributed by atoms with Crippen molar-refractivity contribution < 1.29 is 0 Å². The van der Waals surface area contributed by atoms with Crippen LogP contribution in [0.25, 0.3) is 38.3 Å². The van der Waals surface area contributed by atoms with E-state index < -0.39 is 0 Å². The van der Waals surface area contributed by atoms with Gasteiger partial charge in [0.25, 0.3) is 0 Å². The van der Waals surface area contributed by atoms with Crippen molar-refractivity contribution in [1.29, 1.82) is 0 Å². The molecule has 0 atom stereocenters. The summed E-state index contributed by atoms with van der Waals surface area (Å²) in [5, 5.41) is 4.92. The third-order valence-electron chi connectivity index (χ3n) is 9.67. The van der Waals surface area contributed by atoms with Crippen LogP contribution in [-0.2, 0) is 0 Å². The van der Waals surface area contributed by atoms with Crippen LogP contribution in [0.5, 0.6) is 0 Å². The summed E-state index contributed by atoms with van der Waals surface area (Å²) in [5.41, 5.74) is 10.8. The molecule has 0 unspecified atom stereocenters. The van der Waals surface area contributed by atoms with E-state index in [1.807, 2.05) is 0 Å². The van der Waals surface area contributed by atoms with Gasteiger partial charge in [0.15, 0.2) is 0 Å². The molecule has 0 aliphatic carbocycles. The summed E-state index contributed by atoms with van der Waals surface area (Å²) >= 11 is 0. The van der Waals surface area contributed by atoms with Gasteiger partial charge in [0.1, 0.15) is 0 Å². The molecule has 2 nitrogen and oxygen atoms in total. The predicted molar refractivity (Wildman–Crippen MR) is 211 cm³/mol. The third kappa shape index (κ3) is 5.17. The highest BCUT2D eigenvalue weighted by atomic mass is 15.1. The number of hydrogen-bond acceptors (Lipinski definition) is 1. The van der Waals surface area contributed by atoms with Gasteiger partial charge in [-0.25, -0.2) is 0 Å². The van der Waals surface area contributed by atoms with E-state index in [4.69, 9.17) is 0 Å². The number of aromatic nitrogens is 1. The Morgan fingerprint density at radius 3 is 1.57 bits per heavy atom. The lowest BCUT2D eigenvalue weighted by atomic mass is 9.37. The Hall–Kier alpha value is -6.32. The van der Waals surface area contributed by atoms with E-state index in [-0.39, 0.29) is 6.71 Å². The van der Waals surface area contributed by atoms with E-state index in [1.165, 1.54) is 54.7 Å². The number of rotatable bonds is 7. The maximum absolute atomic E-state index is 2.47. The lowest BCUT2D eigenvalue weighted by molar-refractivity contribution is 1.20. The molecule has 9 aromatic rings. The average molecular weight is 625 g/mol. The summed E-state index contributed by atoms with van der Waals surface area (Å²) in [6.45, 7) is 0.105. The van der Waals surface area contributed by atoms with Gasteiger partial charge in [-0.15, -0.1) is 0 Å². The molecule has 0 saturated heterocycles. The molecule has 1 aromatic heterocycles. The fourth-order valence-corrected chi connectivity index (χ4v) is 7.48. The molecule has 0 saturated carbocycles. The minimum Gasteiger partial charge on any atom is -0.310 e. The van der Waals surface area contributed by atoms with Gasteiger partial charge in [-0.2, -0.15) is 0 Å². The number of anilines is 3. The number of fused-ring (bicyclic) bond motifs is 4. The van der Waals surface area contributed by atoms with Gasteiger partial charge in [-0.1, -0.05) is 162 Å².